The van der Waals surface area contributed by atoms with Gasteiger partial charge in [0.15, 0.2) is 0 Å². The van der Waals surface area contributed by atoms with Crippen LogP contribution in [0, 0.1) is 6.92 Å². The number of hydrogen-bond acceptors (Lipinski definition) is 2. The summed E-state index contributed by atoms with van der Waals surface area (Å²) in [5, 5.41) is 3.47. The van der Waals surface area contributed by atoms with Crippen molar-refractivity contribution in [3.8, 4) is 11.1 Å². The normalized spacial score (nSPS) is 14.2. The third kappa shape index (κ3) is 2.44. The molecule has 3 aromatic carbocycles. The zero-order valence-electron chi connectivity index (χ0n) is 16.2. The third-order valence-corrected chi connectivity index (χ3v) is 6.92. The van der Waals surface area contributed by atoms with Crippen LogP contribution in [0.4, 0.5) is 11.4 Å². The number of rotatable bonds is 2. The van der Waals surface area contributed by atoms with E-state index in [4.69, 9.17) is 0 Å². The first kappa shape index (κ1) is 16.6. The predicted molar refractivity (Wildman–Crippen MR) is 119 cm³/mol. The zero-order valence-corrected chi connectivity index (χ0v) is 17.0. The van der Waals surface area contributed by atoms with Crippen molar-refractivity contribution >= 4 is 32.8 Å². The van der Waals surface area contributed by atoms with Crippen LogP contribution in [0.1, 0.15) is 30.5 Å². The molecule has 0 fully saturated rings. The fraction of sp³-hybridized carbons (Fsp3) is 0.200. The van der Waals surface area contributed by atoms with Gasteiger partial charge in [0.05, 0.1) is 0 Å². The first-order valence-electron chi connectivity index (χ1n) is 9.42. The summed E-state index contributed by atoms with van der Waals surface area (Å²) in [6, 6.07) is 22.7. The first-order valence-corrected chi connectivity index (χ1v) is 10.3. The van der Waals surface area contributed by atoms with Crippen molar-refractivity contribution in [2.75, 3.05) is 11.9 Å². The maximum Gasteiger partial charge on any atom is 0.0415 e. The van der Waals surface area contributed by atoms with Gasteiger partial charge in [-0.15, -0.1) is 11.3 Å². The van der Waals surface area contributed by atoms with Crippen molar-refractivity contribution < 1.29 is 0 Å². The molecule has 2 heteroatoms. The van der Waals surface area contributed by atoms with E-state index in [0.29, 0.717) is 0 Å². The lowest BCUT2D eigenvalue weighted by Crippen LogP contribution is -2.16. The van der Waals surface area contributed by atoms with Crippen molar-refractivity contribution in [1.82, 2.24) is 0 Å². The van der Waals surface area contributed by atoms with Gasteiger partial charge in [-0.2, -0.15) is 0 Å². The Morgan fingerprint density at radius 1 is 0.778 bits per heavy atom. The average Bonchev–Trinajstić information content (AvgIpc) is 3.22. The Kier molecular flexibility index (Phi) is 3.50. The quantitative estimate of drug-likeness (QED) is 0.359. The highest BCUT2D eigenvalue weighted by molar-refractivity contribution is 7.17. The molecule has 0 spiro atoms. The molecule has 0 saturated carbocycles. The highest BCUT2D eigenvalue weighted by Crippen LogP contribution is 2.50. The molecule has 0 atom stereocenters. The van der Waals surface area contributed by atoms with Crippen LogP contribution >= 0.6 is 11.3 Å². The number of anilines is 2. The number of thiophene rings is 1. The number of hydrogen-bond donors (Lipinski definition) is 0. The second kappa shape index (κ2) is 5.71. The minimum Gasteiger partial charge on any atom is -0.345 e. The largest absolute Gasteiger partial charge is 0.345 e. The molecule has 1 aromatic heterocycles. The molecule has 5 rings (SSSR count). The summed E-state index contributed by atoms with van der Waals surface area (Å²) in [5.74, 6) is 0. The van der Waals surface area contributed by atoms with E-state index in [9.17, 15) is 0 Å². The van der Waals surface area contributed by atoms with Gasteiger partial charge in [-0.3, -0.25) is 0 Å². The van der Waals surface area contributed by atoms with Crippen LogP contribution in [0.2, 0.25) is 0 Å². The second-order valence-electron chi connectivity index (χ2n) is 8.11. The summed E-state index contributed by atoms with van der Waals surface area (Å²) in [7, 11) is 2.16. The van der Waals surface area contributed by atoms with Gasteiger partial charge >= 0.3 is 0 Å². The van der Waals surface area contributed by atoms with Crippen LogP contribution in [0.25, 0.3) is 21.2 Å². The molecule has 0 saturated heterocycles. The van der Waals surface area contributed by atoms with Crippen LogP contribution in [0.3, 0.4) is 0 Å². The van der Waals surface area contributed by atoms with Crippen molar-refractivity contribution in [2.45, 2.75) is 26.2 Å². The SMILES string of the molecule is Cc1ccc2c(c1)C(C)(C)c1cc(N(C)c3ccc4sccc4c3)ccc1-2. The molecule has 134 valence electrons. The van der Waals surface area contributed by atoms with Gasteiger partial charge in [-0.05, 0) is 76.3 Å². The molecule has 0 bridgehead atoms. The number of nitrogens with zero attached hydrogens (tertiary/aromatic N) is 1. The fourth-order valence-corrected chi connectivity index (χ4v) is 5.13. The van der Waals surface area contributed by atoms with E-state index in [1.807, 2.05) is 0 Å². The highest BCUT2D eigenvalue weighted by Gasteiger charge is 2.35. The number of aryl methyl sites for hydroxylation is 1. The Morgan fingerprint density at radius 2 is 1.44 bits per heavy atom. The van der Waals surface area contributed by atoms with Crippen LogP contribution in [-0.2, 0) is 5.41 Å². The second-order valence-corrected chi connectivity index (χ2v) is 9.05. The predicted octanol–water partition coefficient (Wildman–Crippen LogP) is 7.28. The lowest BCUT2D eigenvalue weighted by Gasteiger charge is -2.25. The van der Waals surface area contributed by atoms with Crippen LogP contribution in [0.15, 0.2) is 66.0 Å². The monoisotopic (exact) mass is 369 g/mol. The molecular weight excluding hydrogens is 346 g/mol. The minimum absolute atomic E-state index is 0.0326. The van der Waals surface area contributed by atoms with Crippen molar-refractivity contribution in [2.24, 2.45) is 0 Å². The maximum absolute atomic E-state index is 2.38. The minimum atomic E-state index is 0.0326. The van der Waals surface area contributed by atoms with Gasteiger partial charge in [0.1, 0.15) is 0 Å². The van der Waals surface area contributed by atoms with E-state index < -0.39 is 0 Å². The van der Waals surface area contributed by atoms with Crippen LogP contribution in [0.5, 0.6) is 0 Å². The lowest BCUT2D eigenvalue weighted by atomic mass is 9.82. The Hall–Kier alpha value is -2.58. The summed E-state index contributed by atoms with van der Waals surface area (Å²) in [5.41, 5.74) is 9.45. The Morgan fingerprint density at radius 3 is 2.26 bits per heavy atom. The molecule has 0 radical (unpaired) electrons. The smallest absolute Gasteiger partial charge is 0.0415 e. The van der Waals surface area contributed by atoms with Crippen molar-refractivity contribution in [3.63, 3.8) is 0 Å². The van der Waals surface area contributed by atoms with E-state index in [0.717, 1.165) is 0 Å². The van der Waals surface area contributed by atoms with Gasteiger partial charge in [0, 0.05) is 28.5 Å². The average molecular weight is 370 g/mol. The summed E-state index contributed by atoms with van der Waals surface area (Å²) in [4.78, 5) is 2.29. The lowest BCUT2D eigenvalue weighted by molar-refractivity contribution is 0.660. The molecule has 4 aromatic rings. The van der Waals surface area contributed by atoms with E-state index in [2.05, 4.69) is 98.8 Å². The maximum atomic E-state index is 2.38. The molecule has 1 aliphatic rings. The third-order valence-electron chi connectivity index (χ3n) is 6.03. The topological polar surface area (TPSA) is 3.24 Å². The number of benzene rings is 3. The van der Waals surface area contributed by atoms with E-state index in [1.165, 1.54) is 49.3 Å². The van der Waals surface area contributed by atoms with Gasteiger partial charge in [0.2, 0.25) is 0 Å². The summed E-state index contributed by atoms with van der Waals surface area (Å²) in [6.45, 7) is 6.87. The summed E-state index contributed by atoms with van der Waals surface area (Å²) >= 11 is 1.80. The van der Waals surface area contributed by atoms with E-state index in [1.54, 1.807) is 11.3 Å². The highest BCUT2D eigenvalue weighted by atomic mass is 32.1. The molecule has 1 heterocycles. The van der Waals surface area contributed by atoms with E-state index >= 15 is 0 Å². The molecule has 0 amide bonds. The fourth-order valence-electron chi connectivity index (χ4n) is 4.36. The molecule has 1 aliphatic carbocycles. The van der Waals surface area contributed by atoms with Crippen molar-refractivity contribution in [1.29, 1.82) is 0 Å². The Balaban J connectivity index is 1.60. The first-order chi connectivity index (χ1) is 12.9. The standard InChI is InChI=1S/C25H23NS/c1-16-5-8-20-21-9-6-19(15-23(21)25(2,3)22(20)13-16)26(4)18-7-10-24-17(14-18)11-12-27-24/h5-15H,1-4H3. The van der Waals surface area contributed by atoms with Crippen LogP contribution < -0.4 is 4.90 Å². The molecule has 0 unspecified atom stereocenters. The zero-order chi connectivity index (χ0) is 18.8. The van der Waals surface area contributed by atoms with Crippen molar-refractivity contribution in [3.05, 3.63) is 82.7 Å². The summed E-state index contributed by atoms with van der Waals surface area (Å²) < 4.78 is 1.34. The number of fused-ring (bicyclic) bond motifs is 4. The van der Waals surface area contributed by atoms with Gasteiger partial charge in [-0.25, -0.2) is 0 Å². The van der Waals surface area contributed by atoms with Gasteiger partial charge in [-0.1, -0.05) is 43.7 Å². The Labute approximate surface area is 164 Å². The van der Waals surface area contributed by atoms with Crippen LogP contribution in [-0.4, -0.2) is 7.05 Å². The molecule has 0 aliphatic heterocycles. The van der Waals surface area contributed by atoms with Gasteiger partial charge in [0.25, 0.3) is 0 Å². The van der Waals surface area contributed by atoms with E-state index in [-0.39, 0.29) is 5.41 Å². The molecular formula is C25H23NS. The molecule has 27 heavy (non-hydrogen) atoms. The molecule has 1 nitrogen and oxygen atoms in total. The Bertz CT molecular complexity index is 1180. The van der Waals surface area contributed by atoms with Gasteiger partial charge < -0.3 is 4.90 Å². The molecule has 0 N–H and O–H groups in total. The summed E-state index contributed by atoms with van der Waals surface area (Å²) in [6.07, 6.45) is 0.